The van der Waals surface area contributed by atoms with Crippen molar-refractivity contribution in [3.63, 3.8) is 0 Å². The molecule has 7 heteroatoms. The smallest absolute Gasteiger partial charge is 0.230 e. The highest BCUT2D eigenvalue weighted by molar-refractivity contribution is 6.08. The van der Waals surface area contributed by atoms with E-state index >= 15 is 0 Å². The number of methoxy groups -OCH3 is 1. The lowest BCUT2D eigenvalue weighted by Gasteiger charge is -2.31. The van der Waals surface area contributed by atoms with Gasteiger partial charge < -0.3 is 14.2 Å². The summed E-state index contributed by atoms with van der Waals surface area (Å²) < 4.78 is 11.0. The molecular formula is C23H25N5O2. The van der Waals surface area contributed by atoms with Crippen molar-refractivity contribution in [1.82, 2.24) is 15.1 Å². The van der Waals surface area contributed by atoms with Crippen molar-refractivity contribution in [2.75, 3.05) is 32.1 Å². The van der Waals surface area contributed by atoms with Crippen molar-refractivity contribution in [2.24, 2.45) is 4.99 Å². The van der Waals surface area contributed by atoms with Crippen molar-refractivity contribution in [2.45, 2.75) is 18.8 Å². The summed E-state index contributed by atoms with van der Waals surface area (Å²) in [6.45, 7) is 5.48. The highest BCUT2D eigenvalue weighted by atomic mass is 16.5. The first-order valence-corrected chi connectivity index (χ1v) is 10.0. The van der Waals surface area contributed by atoms with Gasteiger partial charge in [-0.05, 0) is 31.0 Å². The third-order valence-corrected chi connectivity index (χ3v) is 5.32. The minimum Gasteiger partial charge on any atom is -0.494 e. The van der Waals surface area contributed by atoms with Crippen LogP contribution in [0.1, 0.15) is 30.5 Å². The van der Waals surface area contributed by atoms with E-state index in [1.54, 1.807) is 26.4 Å². The molecule has 30 heavy (non-hydrogen) atoms. The van der Waals surface area contributed by atoms with Crippen LogP contribution in [0.4, 0.5) is 5.82 Å². The summed E-state index contributed by atoms with van der Waals surface area (Å²) >= 11 is 0. The lowest BCUT2D eigenvalue weighted by atomic mass is 9.96. The van der Waals surface area contributed by atoms with Gasteiger partial charge in [0.1, 0.15) is 17.1 Å². The summed E-state index contributed by atoms with van der Waals surface area (Å²) in [6, 6.07) is 10.1. The van der Waals surface area contributed by atoms with Crippen molar-refractivity contribution in [3.8, 4) is 5.75 Å². The molecule has 2 aromatic heterocycles. The minimum absolute atomic E-state index is 0.237. The van der Waals surface area contributed by atoms with E-state index in [-0.39, 0.29) is 5.92 Å². The number of aromatic nitrogens is 3. The lowest BCUT2D eigenvalue weighted by molar-refractivity contribution is 0.328. The van der Waals surface area contributed by atoms with E-state index < -0.39 is 0 Å². The van der Waals surface area contributed by atoms with E-state index in [0.29, 0.717) is 11.7 Å². The van der Waals surface area contributed by atoms with E-state index in [1.165, 1.54) is 0 Å². The number of fused-ring (bicyclic) bond motifs is 1. The van der Waals surface area contributed by atoms with Crippen LogP contribution in [-0.2, 0) is 0 Å². The van der Waals surface area contributed by atoms with Crippen LogP contribution in [0.5, 0.6) is 5.75 Å². The zero-order valence-corrected chi connectivity index (χ0v) is 17.3. The van der Waals surface area contributed by atoms with Gasteiger partial charge in [-0.2, -0.15) is 4.98 Å². The fraction of sp³-hybridized carbons (Fsp3) is 0.304. The molecule has 0 atom stereocenters. The number of rotatable bonds is 6. The SMILES string of the molecule is C=C/C=C(\C=NC)c1noc(C2CCN(c3ccc4cccc(OC)c4n3)CC2)n1. The van der Waals surface area contributed by atoms with Gasteiger partial charge in [-0.15, -0.1) is 0 Å². The number of para-hydroxylation sites is 1. The fourth-order valence-electron chi connectivity index (χ4n) is 3.77. The molecule has 7 nitrogen and oxygen atoms in total. The van der Waals surface area contributed by atoms with Gasteiger partial charge in [0, 0.05) is 43.2 Å². The molecule has 0 amide bonds. The van der Waals surface area contributed by atoms with Crippen LogP contribution in [0.2, 0.25) is 0 Å². The first-order valence-electron chi connectivity index (χ1n) is 10.0. The quantitative estimate of drug-likeness (QED) is 0.452. The van der Waals surface area contributed by atoms with E-state index in [1.807, 2.05) is 24.3 Å². The summed E-state index contributed by atoms with van der Waals surface area (Å²) in [6.07, 6.45) is 7.07. The third-order valence-electron chi connectivity index (χ3n) is 5.32. The maximum Gasteiger partial charge on any atom is 0.230 e. The standard InChI is InChI=1S/C23H25N5O2/c1-4-6-18(15-24-2)22-26-23(30-27-22)17-11-13-28(14-12-17)20-10-9-16-7-5-8-19(29-3)21(16)25-20/h4-10,15,17H,1,11-14H2,2-3H3/b18-6+,24-15?. The average Bonchev–Trinajstić information content (AvgIpc) is 3.28. The van der Waals surface area contributed by atoms with Gasteiger partial charge in [-0.25, -0.2) is 4.98 Å². The number of benzene rings is 1. The zero-order chi connectivity index (χ0) is 20.9. The molecule has 4 rings (SSSR count). The first kappa shape index (κ1) is 19.8. The highest BCUT2D eigenvalue weighted by Gasteiger charge is 2.26. The normalized spacial score (nSPS) is 15.8. The lowest BCUT2D eigenvalue weighted by Crippen LogP contribution is -2.33. The highest BCUT2D eigenvalue weighted by Crippen LogP contribution is 2.31. The van der Waals surface area contributed by atoms with Crippen molar-refractivity contribution in [1.29, 1.82) is 0 Å². The van der Waals surface area contributed by atoms with Crippen LogP contribution in [-0.4, -0.2) is 48.6 Å². The summed E-state index contributed by atoms with van der Waals surface area (Å²) in [5.41, 5.74) is 1.68. The molecule has 3 aromatic rings. The van der Waals surface area contributed by atoms with Crippen LogP contribution in [0.3, 0.4) is 0 Å². The summed E-state index contributed by atoms with van der Waals surface area (Å²) in [5.74, 6) is 3.22. The molecule has 1 fully saturated rings. The molecule has 1 aromatic carbocycles. The van der Waals surface area contributed by atoms with Crippen LogP contribution in [0.25, 0.3) is 16.5 Å². The Labute approximate surface area is 175 Å². The van der Waals surface area contributed by atoms with E-state index in [9.17, 15) is 0 Å². The average molecular weight is 403 g/mol. The topological polar surface area (TPSA) is 76.6 Å². The van der Waals surface area contributed by atoms with Crippen LogP contribution >= 0.6 is 0 Å². The van der Waals surface area contributed by atoms with Gasteiger partial charge in [-0.1, -0.05) is 36.0 Å². The summed E-state index contributed by atoms with van der Waals surface area (Å²) in [4.78, 5) is 15.8. The summed E-state index contributed by atoms with van der Waals surface area (Å²) in [7, 11) is 3.39. The van der Waals surface area contributed by atoms with Gasteiger partial charge in [0.2, 0.25) is 11.7 Å². The monoisotopic (exact) mass is 403 g/mol. The Kier molecular flexibility index (Phi) is 5.88. The van der Waals surface area contributed by atoms with E-state index in [2.05, 4.69) is 38.7 Å². The van der Waals surface area contributed by atoms with Crippen LogP contribution < -0.4 is 9.64 Å². The molecule has 1 aliphatic rings. The second kappa shape index (κ2) is 8.90. The molecule has 0 spiro atoms. The molecule has 0 saturated carbocycles. The van der Waals surface area contributed by atoms with Gasteiger partial charge in [-0.3, -0.25) is 4.99 Å². The minimum atomic E-state index is 0.237. The van der Waals surface area contributed by atoms with Gasteiger partial charge in [0.25, 0.3) is 0 Å². The molecule has 154 valence electrons. The second-order valence-electron chi connectivity index (χ2n) is 7.16. The number of hydrogen-bond acceptors (Lipinski definition) is 7. The second-order valence-corrected chi connectivity index (χ2v) is 7.16. The molecular weight excluding hydrogens is 378 g/mol. The van der Waals surface area contributed by atoms with Gasteiger partial charge in [0.15, 0.2) is 0 Å². The number of hydrogen-bond donors (Lipinski definition) is 0. The first-order chi connectivity index (χ1) is 14.7. The van der Waals surface area contributed by atoms with Crippen molar-refractivity contribution < 1.29 is 9.26 Å². The number of ether oxygens (including phenoxy) is 1. The molecule has 0 aliphatic carbocycles. The fourth-order valence-corrected chi connectivity index (χ4v) is 3.77. The number of aliphatic imine (C=N–C) groups is 1. The Morgan fingerprint density at radius 3 is 2.80 bits per heavy atom. The van der Waals surface area contributed by atoms with Crippen LogP contribution in [0.15, 0.2) is 58.6 Å². The van der Waals surface area contributed by atoms with Crippen molar-refractivity contribution in [3.05, 3.63) is 60.8 Å². The maximum absolute atomic E-state index is 5.56. The molecule has 0 unspecified atom stereocenters. The number of allylic oxidation sites excluding steroid dienone is 3. The van der Waals surface area contributed by atoms with Crippen LogP contribution in [0, 0.1) is 0 Å². The number of pyridine rings is 1. The third kappa shape index (κ3) is 3.96. The van der Waals surface area contributed by atoms with E-state index in [4.69, 9.17) is 14.2 Å². The predicted molar refractivity (Wildman–Crippen MR) is 119 cm³/mol. The molecule has 3 heterocycles. The molecule has 0 bridgehead atoms. The Bertz CT molecular complexity index is 1090. The number of nitrogens with zero attached hydrogens (tertiary/aromatic N) is 5. The maximum atomic E-state index is 5.56. The van der Waals surface area contributed by atoms with Gasteiger partial charge in [0.05, 0.1) is 7.11 Å². The predicted octanol–water partition coefficient (Wildman–Crippen LogP) is 4.28. The van der Waals surface area contributed by atoms with Gasteiger partial charge >= 0.3 is 0 Å². The summed E-state index contributed by atoms with van der Waals surface area (Å²) in [5, 5.41) is 5.20. The molecule has 1 aliphatic heterocycles. The zero-order valence-electron chi connectivity index (χ0n) is 17.3. The Balaban J connectivity index is 1.47. The number of anilines is 1. The van der Waals surface area contributed by atoms with E-state index in [0.717, 1.165) is 54.0 Å². The molecule has 0 radical (unpaired) electrons. The molecule has 1 saturated heterocycles. The largest absolute Gasteiger partial charge is 0.494 e. The number of piperidine rings is 1. The Hall–Kier alpha value is -3.48. The van der Waals surface area contributed by atoms with Crippen molar-refractivity contribution >= 4 is 28.5 Å². The Morgan fingerprint density at radius 2 is 2.07 bits per heavy atom. The Morgan fingerprint density at radius 1 is 1.23 bits per heavy atom. The molecule has 0 N–H and O–H groups in total.